The number of carbonyl (C=O) groups is 7. The molecule has 1 aliphatic rings. The van der Waals surface area contributed by atoms with Gasteiger partial charge in [0.2, 0.25) is 18.3 Å². The van der Waals surface area contributed by atoms with Crippen molar-refractivity contribution in [1.82, 2.24) is 5.06 Å². The molecule has 0 aromatic heterocycles. The molecule has 0 radical (unpaired) electrons. The Morgan fingerprint density at radius 1 is 0.784 bits per heavy atom. The predicted molar refractivity (Wildman–Crippen MR) is 119 cm³/mol. The van der Waals surface area contributed by atoms with Crippen LogP contribution in [0.3, 0.4) is 0 Å². The van der Waals surface area contributed by atoms with E-state index in [1.807, 2.05) is 0 Å². The second-order valence-corrected chi connectivity index (χ2v) is 8.30. The zero-order chi connectivity index (χ0) is 27.7. The molecule has 1 heterocycles. The van der Waals surface area contributed by atoms with Gasteiger partial charge in [0, 0.05) is 32.3 Å². The quantitative estimate of drug-likeness (QED) is 0.230. The van der Waals surface area contributed by atoms with Gasteiger partial charge in [-0.25, -0.2) is 14.4 Å². The second kappa shape index (κ2) is 13.1. The van der Waals surface area contributed by atoms with E-state index in [2.05, 4.69) is 0 Å². The number of ether oxygens (including phenoxy) is 4. The number of amides is 2. The molecule has 1 aromatic carbocycles. The third-order valence-corrected chi connectivity index (χ3v) is 4.62. The van der Waals surface area contributed by atoms with Crippen LogP contribution in [0, 0.1) is 5.92 Å². The zero-order valence-electron chi connectivity index (χ0n) is 20.7. The summed E-state index contributed by atoms with van der Waals surface area (Å²) in [7, 11) is 0. The average Bonchev–Trinajstić information content (AvgIpc) is 3.15. The number of carbonyl (C=O) groups excluding carboxylic acids is 7. The Balaban J connectivity index is 2.37. The van der Waals surface area contributed by atoms with E-state index in [1.165, 1.54) is 12.1 Å². The first-order valence-corrected chi connectivity index (χ1v) is 11.2. The molecule has 2 amide bonds. The van der Waals surface area contributed by atoms with Crippen LogP contribution in [-0.4, -0.2) is 65.5 Å². The molecular weight excluding hydrogens is 494 g/mol. The van der Waals surface area contributed by atoms with Gasteiger partial charge in [-0.2, -0.15) is 0 Å². The number of rotatable bonds is 11. The molecule has 1 aliphatic heterocycles. The van der Waals surface area contributed by atoms with E-state index in [9.17, 15) is 33.6 Å². The van der Waals surface area contributed by atoms with Crippen molar-refractivity contribution >= 4 is 41.7 Å². The third-order valence-electron chi connectivity index (χ3n) is 4.62. The summed E-state index contributed by atoms with van der Waals surface area (Å²) in [6, 6.07) is 7.73. The molecule has 37 heavy (non-hydrogen) atoms. The monoisotopic (exact) mass is 521 g/mol. The van der Waals surface area contributed by atoms with Crippen LogP contribution in [0.4, 0.5) is 0 Å². The number of hydroxylamine groups is 2. The van der Waals surface area contributed by atoms with Crippen molar-refractivity contribution in [3.63, 3.8) is 0 Å². The Kier molecular flexibility index (Phi) is 10.3. The molecule has 0 N–H and O–H groups in total. The molecular formula is C24H27NO12. The Morgan fingerprint density at radius 3 is 1.78 bits per heavy atom. The summed E-state index contributed by atoms with van der Waals surface area (Å²) >= 11 is 0. The second-order valence-electron chi connectivity index (χ2n) is 8.30. The maximum atomic E-state index is 13.1. The molecule has 0 saturated carbocycles. The lowest BCUT2D eigenvalue weighted by Gasteiger charge is -2.26. The Hall–Kier alpha value is -4.29. The number of benzene rings is 1. The average molecular weight is 521 g/mol. The summed E-state index contributed by atoms with van der Waals surface area (Å²) in [6.07, 6.45) is -6.63. The molecule has 0 aliphatic carbocycles. The fourth-order valence-corrected chi connectivity index (χ4v) is 3.01. The normalized spacial score (nSPS) is 15.4. The highest BCUT2D eigenvalue weighted by Gasteiger charge is 2.46. The summed E-state index contributed by atoms with van der Waals surface area (Å²) in [4.78, 5) is 90.5. The van der Waals surface area contributed by atoms with Crippen LogP contribution in [0.5, 0.6) is 0 Å². The van der Waals surface area contributed by atoms with E-state index in [0.29, 0.717) is 0 Å². The number of nitrogens with zero attached hydrogens (tertiary/aromatic N) is 1. The van der Waals surface area contributed by atoms with Crippen molar-refractivity contribution in [1.29, 1.82) is 0 Å². The van der Waals surface area contributed by atoms with Crippen molar-refractivity contribution in [2.75, 3.05) is 6.61 Å². The fraction of sp³-hybridized carbons (Fsp3) is 0.458. The Labute approximate surface area is 211 Å². The van der Waals surface area contributed by atoms with Crippen LogP contribution in [0.25, 0.3) is 0 Å². The van der Waals surface area contributed by atoms with Crippen molar-refractivity contribution in [2.24, 2.45) is 5.92 Å². The highest BCUT2D eigenvalue weighted by Crippen LogP contribution is 2.23. The zero-order valence-corrected chi connectivity index (χ0v) is 20.7. The lowest BCUT2D eigenvalue weighted by atomic mass is 10.1. The third kappa shape index (κ3) is 8.40. The first-order chi connectivity index (χ1) is 17.4. The lowest BCUT2D eigenvalue weighted by molar-refractivity contribution is -0.214. The highest BCUT2D eigenvalue weighted by molar-refractivity contribution is 6.02. The van der Waals surface area contributed by atoms with Crippen molar-refractivity contribution in [3.05, 3.63) is 35.9 Å². The van der Waals surface area contributed by atoms with E-state index in [-0.39, 0.29) is 36.0 Å². The predicted octanol–water partition coefficient (Wildman–Crippen LogP) is 0.941. The van der Waals surface area contributed by atoms with Gasteiger partial charge < -0.3 is 23.8 Å². The Morgan fingerprint density at radius 2 is 1.30 bits per heavy atom. The fourth-order valence-electron chi connectivity index (χ4n) is 3.01. The number of hydrogen-bond acceptors (Lipinski definition) is 12. The number of esters is 4. The van der Waals surface area contributed by atoms with Crippen LogP contribution < -0.4 is 0 Å². The van der Waals surface area contributed by atoms with Gasteiger partial charge in [0.1, 0.15) is 0 Å². The maximum absolute atomic E-state index is 13.1. The molecule has 1 aromatic rings. The van der Waals surface area contributed by atoms with Gasteiger partial charge in [0.25, 0.3) is 11.8 Å². The van der Waals surface area contributed by atoms with Gasteiger partial charge in [0.05, 0.1) is 6.61 Å². The van der Waals surface area contributed by atoms with Crippen molar-refractivity contribution < 1.29 is 57.3 Å². The highest BCUT2D eigenvalue weighted by atomic mass is 16.7. The molecule has 200 valence electrons. The van der Waals surface area contributed by atoms with Crippen LogP contribution >= 0.6 is 0 Å². The minimum absolute atomic E-state index is 0.00732. The molecule has 0 bridgehead atoms. The van der Waals surface area contributed by atoms with Crippen LogP contribution in [0.15, 0.2) is 30.3 Å². The first kappa shape index (κ1) is 28.9. The molecule has 3 atom stereocenters. The minimum atomic E-state index is -2.28. The molecule has 0 unspecified atom stereocenters. The summed E-state index contributed by atoms with van der Waals surface area (Å²) in [6.45, 7) is 5.37. The largest absolute Gasteiger partial charge is 0.462 e. The van der Waals surface area contributed by atoms with E-state index >= 15 is 0 Å². The minimum Gasteiger partial charge on any atom is -0.462 e. The summed E-state index contributed by atoms with van der Waals surface area (Å²) in [5, 5.41) is 0.158. The number of imide groups is 1. The molecule has 1 saturated heterocycles. The topological polar surface area (TPSA) is 169 Å². The summed E-state index contributed by atoms with van der Waals surface area (Å²) in [5.41, 5.74) is 0.200. The molecule has 13 nitrogen and oxygen atoms in total. The van der Waals surface area contributed by atoms with E-state index in [0.717, 1.165) is 13.8 Å². The molecule has 2 rings (SSSR count). The van der Waals surface area contributed by atoms with Gasteiger partial charge in [-0.15, -0.1) is 5.06 Å². The van der Waals surface area contributed by atoms with Crippen molar-refractivity contribution in [3.8, 4) is 0 Å². The van der Waals surface area contributed by atoms with E-state index in [4.69, 9.17) is 23.8 Å². The van der Waals surface area contributed by atoms with Crippen LogP contribution in [0.2, 0.25) is 0 Å². The first-order valence-electron chi connectivity index (χ1n) is 11.2. The van der Waals surface area contributed by atoms with Crippen LogP contribution in [0.1, 0.15) is 52.2 Å². The molecule has 13 heteroatoms. The summed E-state index contributed by atoms with van der Waals surface area (Å²) in [5.74, 6) is -7.89. The van der Waals surface area contributed by atoms with Gasteiger partial charge in [-0.05, 0) is 5.92 Å². The molecule has 0 spiro atoms. The van der Waals surface area contributed by atoms with E-state index < -0.39 is 60.0 Å². The van der Waals surface area contributed by atoms with Gasteiger partial charge in [-0.3, -0.25) is 19.2 Å². The number of hydrogen-bond donors (Lipinski definition) is 0. The standard InChI is InChI=1S/C24H27NO12/c1-13(2)12-33-22(30)19(16-8-6-5-7-9-16)36-23(31)20(34-14(3)26)21(35-15(4)27)24(32)37-25-17(28)10-11-18(25)29/h5-9,13,19-21H,10-12H2,1-4H3/t19-,20-,21-/m1/s1. The van der Waals surface area contributed by atoms with Gasteiger partial charge >= 0.3 is 29.8 Å². The summed E-state index contributed by atoms with van der Waals surface area (Å²) < 4.78 is 20.2. The Bertz CT molecular complexity index is 1040. The van der Waals surface area contributed by atoms with Crippen LogP contribution in [-0.2, 0) is 57.3 Å². The smallest absolute Gasteiger partial charge is 0.377 e. The van der Waals surface area contributed by atoms with Crippen molar-refractivity contribution in [2.45, 2.75) is 58.8 Å². The van der Waals surface area contributed by atoms with E-state index in [1.54, 1.807) is 32.0 Å². The SMILES string of the molecule is CC(=O)O[C@@H](C(=O)O[C@@H](C(=O)OCC(C)C)c1ccccc1)[C@@H](OC(C)=O)C(=O)ON1C(=O)CCC1=O. The van der Waals surface area contributed by atoms with Gasteiger partial charge in [-0.1, -0.05) is 44.2 Å². The maximum Gasteiger partial charge on any atom is 0.377 e. The lowest BCUT2D eigenvalue weighted by Crippen LogP contribution is -2.49. The molecule has 1 fully saturated rings. The van der Waals surface area contributed by atoms with Gasteiger partial charge in [0.15, 0.2) is 0 Å².